The van der Waals surface area contributed by atoms with Crippen LogP contribution in [0, 0.1) is 0 Å². The third-order valence-corrected chi connectivity index (χ3v) is 6.24. The van der Waals surface area contributed by atoms with Gasteiger partial charge in [0.1, 0.15) is 0 Å². The van der Waals surface area contributed by atoms with Crippen molar-refractivity contribution in [3.63, 3.8) is 0 Å². The lowest BCUT2D eigenvalue weighted by atomic mass is 9.84. The summed E-state index contributed by atoms with van der Waals surface area (Å²) in [5.74, 6) is -0.392. The van der Waals surface area contributed by atoms with Crippen LogP contribution in [0.25, 0.3) is 0 Å². The zero-order valence-electron chi connectivity index (χ0n) is 15.5. The Morgan fingerprint density at radius 1 is 0.893 bits per heavy atom. The van der Waals surface area contributed by atoms with Crippen molar-refractivity contribution in [1.82, 2.24) is 5.32 Å². The molecule has 0 aliphatic heterocycles. The molecule has 0 saturated heterocycles. The van der Waals surface area contributed by atoms with E-state index >= 15 is 0 Å². The molecule has 0 aliphatic rings. The van der Waals surface area contributed by atoms with Crippen molar-refractivity contribution in [1.29, 1.82) is 0 Å². The largest absolute Gasteiger partial charge is 0.339 e. The minimum atomic E-state index is -3.55. The second kappa shape index (κ2) is 7.78. The lowest BCUT2D eigenvalue weighted by Crippen LogP contribution is -2.44. The average Bonchev–Trinajstić information content (AvgIpc) is 2.68. The Hall–Kier alpha value is -2.63. The fourth-order valence-electron chi connectivity index (χ4n) is 3.08. The van der Waals surface area contributed by atoms with Gasteiger partial charge in [0.15, 0.2) is 9.84 Å². The number of rotatable bonds is 5. The second-order valence-electron chi connectivity index (χ2n) is 6.73. The van der Waals surface area contributed by atoms with E-state index in [-0.39, 0.29) is 15.5 Å². The maximum atomic E-state index is 13.0. The third-order valence-electron chi connectivity index (χ3n) is 4.66. The first-order valence-corrected chi connectivity index (χ1v) is 10.9. The molecule has 3 aromatic rings. The molecule has 4 nitrogen and oxygen atoms in total. The minimum absolute atomic E-state index is 0.0667. The van der Waals surface area contributed by atoms with Gasteiger partial charge in [0.25, 0.3) is 5.91 Å². The first-order chi connectivity index (χ1) is 13.2. The molecule has 1 N–H and O–H groups in total. The molecule has 0 saturated carbocycles. The molecular weight excluding hydrogens is 394 g/mol. The maximum absolute atomic E-state index is 13.0. The predicted octanol–water partition coefficient (Wildman–Crippen LogP) is 4.44. The van der Waals surface area contributed by atoms with Gasteiger partial charge < -0.3 is 5.32 Å². The number of hydrogen-bond acceptors (Lipinski definition) is 3. The number of amides is 1. The van der Waals surface area contributed by atoms with Gasteiger partial charge in [0.05, 0.1) is 15.5 Å². The molecule has 6 heteroatoms. The highest BCUT2D eigenvalue weighted by atomic mass is 35.5. The Bertz CT molecular complexity index is 1060. The van der Waals surface area contributed by atoms with E-state index in [2.05, 4.69) is 5.32 Å². The molecule has 28 heavy (non-hydrogen) atoms. The van der Waals surface area contributed by atoms with Gasteiger partial charge in [0, 0.05) is 11.8 Å². The van der Waals surface area contributed by atoms with E-state index in [1.807, 2.05) is 67.6 Å². The number of nitrogens with one attached hydrogen (secondary N) is 1. The maximum Gasteiger partial charge on any atom is 0.252 e. The first kappa shape index (κ1) is 20.1. The van der Waals surface area contributed by atoms with E-state index in [0.717, 1.165) is 17.4 Å². The summed E-state index contributed by atoms with van der Waals surface area (Å²) in [4.78, 5) is 13.0. The Kier molecular flexibility index (Phi) is 5.59. The zero-order valence-corrected chi connectivity index (χ0v) is 17.1. The third kappa shape index (κ3) is 4.11. The van der Waals surface area contributed by atoms with Gasteiger partial charge >= 0.3 is 0 Å². The van der Waals surface area contributed by atoms with Gasteiger partial charge in [-0.25, -0.2) is 8.42 Å². The minimum Gasteiger partial charge on any atom is -0.339 e. The number of halogens is 1. The van der Waals surface area contributed by atoms with E-state index in [0.29, 0.717) is 0 Å². The van der Waals surface area contributed by atoms with E-state index in [1.165, 1.54) is 18.2 Å². The van der Waals surface area contributed by atoms with Gasteiger partial charge in [-0.05, 0) is 36.2 Å². The van der Waals surface area contributed by atoms with Gasteiger partial charge in [-0.3, -0.25) is 4.79 Å². The highest BCUT2D eigenvalue weighted by Gasteiger charge is 2.31. The average molecular weight is 414 g/mol. The summed E-state index contributed by atoms with van der Waals surface area (Å²) in [6.07, 6.45) is 1.06. The molecule has 0 fully saturated rings. The smallest absolute Gasteiger partial charge is 0.252 e. The van der Waals surface area contributed by atoms with Crippen molar-refractivity contribution in [2.45, 2.75) is 17.4 Å². The molecule has 3 rings (SSSR count). The second-order valence-corrected chi connectivity index (χ2v) is 9.12. The number of carbonyl (C=O) groups is 1. The van der Waals surface area contributed by atoms with E-state index in [4.69, 9.17) is 11.6 Å². The van der Waals surface area contributed by atoms with Crippen LogP contribution in [-0.2, 0) is 15.4 Å². The molecule has 144 valence electrons. The lowest BCUT2D eigenvalue weighted by Gasteiger charge is -2.32. The van der Waals surface area contributed by atoms with Crippen LogP contribution in [0.15, 0.2) is 83.8 Å². The summed E-state index contributed by atoms with van der Waals surface area (Å²) in [6.45, 7) is 1.92. The van der Waals surface area contributed by atoms with Crippen molar-refractivity contribution in [2.24, 2.45) is 0 Å². The molecule has 0 atom stereocenters. The van der Waals surface area contributed by atoms with Gasteiger partial charge in [-0.15, -0.1) is 0 Å². The molecular formula is C22H20ClNO3S. The van der Waals surface area contributed by atoms with E-state index in [9.17, 15) is 13.2 Å². The molecule has 0 radical (unpaired) electrons. The Morgan fingerprint density at radius 3 is 1.86 bits per heavy atom. The summed E-state index contributed by atoms with van der Waals surface area (Å²) in [5.41, 5.74) is 1.24. The summed E-state index contributed by atoms with van der Waals surface area (Å²) in [6, 6.07) is 23.5. The Labute approximate surface area is 170 Å². The molecule has 0 bridgehead atoms. The SMILES string of the molecule is CC(NC(=O)c1ccc(Cl)c(S(C)(=O)=O)c1)(c1ccccc1)c1ccccc1. The van der Waals surface area contributed by atoms with Crippen LogP contribution in [0.1, 0.15) is 28.4 Å². The highest BCUT2D eigenvalue weighted by molar-refractivity contribution is 7.90. The molecule has 0 aliphatic carbocycles. The van der Waals surface area contributed by atoms with Crippen molar-refractivity contribution in [2.75, 3.05) is 6.26 Å². The molecule has 0 unspecified atom stereocenters. The molecule has 1 amide bonds. The van der Waals surface area contributed by atoms with Crippen LogP contribution >= 0.6 is 11.6 Å². The Morgan fingerprint density at radius 2 is 1.39 bits per heavy atom. The molecule has 3 aromatic carbocycles. The van der Waals surface area contributed by atoms with Crippen molar-refractivity contribution >= 4 is 27.3 Å². The first-order valence-electron chi connectivity index (χ1n) is 8.65. The van der Waals surface area contributed by atoms with Crippen LogP contribution in [0.3, 0.4) is 0 Å². The quantitative estimate of drug-likeness (QED) is 0.672. The summed E-state index contributed by atoms with van der Waals surface area (Å²) >= 11 is 6.00. The van der Waals surface area contributed by atoms with Gasteiger partial charge in [-0.2, -0.15) is 0 Å². The Balaban J connectivity index is 2.04. The predicted molar refractivity (Wildman–Crippen MR) is 111 cm³/mol. The van der Waals surface area contributed by atoms with Crippen LogP contribution in [0.4, 0.5) is 0 Å². The topological polar surface area (TPSA) is 63.2 Å². The number of hydrogen-bond donors (Lipinski definition) is 1. The summed E-state index contributed by atoms with van der Waals surface area (Å²) < 4.78 is 23.9. The molecule has 0 aromatic heterocycles. The number of carbonyl (C=O) groups excluding carboxylic acids is 1. The van der Waals surface area contributed by atoms with Crippen LogP contribution in [0.2, 0.25) is 5.02 Å². The molecule has 0 spiro atoms. The molecule has 0 heterocycles. The van der Waals surface area contributed by atoms with Crippen molar-refractivity contribution < 1.29 is 13.2 Å². The lowest BCUT2D eigenvalue weighted by molar-refractivity contribution is 0.0919. The number of benzene rings is 3. The van der Waals surface area contributed by atoms with Crippen LogP contribution in [0.5, 0.6) is 0 Å². The highest BCUT2D eigenvalue weighted by Crippen LogP contribution is 2.30. The summed E-state index contributed by atoms with van der Waals surface area (Å²) in [7, 11) is -3.55. The summed E-state index contributed by atoms with van der Waals surface area (Å²) in [5, 5.41) is 3.15. The number of sulfone groups is 1. The fourth-order valence-corrected chi connectivity index (χ4v) is 4.38. The van der Waals surface area contributed by atoms with Crippen LogP contribution < -0.4 is 5.32 Å². The van der Waals surface area contributed by atoms with Gasteiger partial charge in [-0.1, -0.05) is 72.3 Å². The van der Waals surface area contributed by atoms with Gasteiger partial charge in [0.2, 0.25) is 0 Å². The monoisotopic (exact) mass is 413 g/mol. The fraction of sp³-hybridized carbons (Fsp3) is 0.136. The standard InChI is InChI=1S/C22H20ClNO3S/c1-22(17-9-5-3-6-10-17,18-11-7-4-8-12-18)24-21(25)16-13-14-19(23)20(15-16)28(2,26)27/h3-15H,1-2H3,(H,24,25). The van der Waals surface area contributed by atoms with Crippen LogP contribution in [-0.4, -0.2) is 20.6 Å². The van der Waals surface area contributed by atoms with E-state index < -0.39 is 21.3 Å². The van der Waals surface area contributed by atoms with Crippen molar-refractivity contribution in [3.8, 4) is 0 Å². The zero-order chi connectivity index (χ0) is 20.4. The normalized spacial score (nSPS) is 11.8. The van der Waals surface area contributed by atoms with E-state index in [1.54, 1.807) is 0 Å². The van der Waals surface area contributed by atoms with Crippen molar-refractivity contribution in [3.05, 3.63) is 101 Å².